The van der Waals surface area contributed by atoms with Gasteiger partial charge in [-0.25, -0.2) is 0 Å². The van der Waals surface area contributed by atoms with Crippen LogP contribution in [0.15, 0.2) is 30.3 Å². The van der Waals surface area contributed by atoms with Gasteiger partial charge in [-0.05, 0) is 29.8 Å². The van der Waals surface area contributed by atoms with E-state index < -0.39 is 0 Å². The van der Waals surface area contributed by atoms with E-state index in [1.54, 1.807) is 25.3 Å². The summed E-state index contributed by atoms with van der Waals surface area (Å²) < 4.78 is 11.0. The van der Waals surface area contributed by atoms with E-state index in [9.17, 15) is 0 Å². The molecule has 0 spiro atoms. The summed E-state index contributed by atoms with van der Waals surface area (Å²) in [7, 11) is 1.57. The molecular weight excluding hydrogens is 333 g/mol. The molecule has 3 nitrogen and oxygen atoms in total. The van der Waals surface area contributed by atoms with Crippen molar-refractivity contribution in [1.29, 1.82) is 0 Å². The summed E-state index contributed by atoms with van der Waals surface area (Å²) in [5.41, 5.74) is 7.20. The SMILES string of the molecule is COc1ccc(CN)cc1OCc1c(Cl)ccc(Cl)c1Cl. The van der Waals surface area contributed by atoms with Gasteiger partial charge in [0.2, 0.25) is 0 Å². The van der Waals surface area contributed by atoms with Crippen LogP contribution in [0.1, 0.15) is 11.1 Å². The first-order valence-electron chi connectivity index (χ1n) is 6.19. The molecule has 0 aliphatic carbocycles. The summed E-state index contributed by atoms with van der Waals surface area (Å²) in [4.78, 5) is 0. The van der Waals surface area contributed by atoms with E-state index >= 15 is 0 Å². The minimum atomic E-state index is 0.183. The topological polar surface area (TPSA) is 44.5 Å². The van der Waals surface area contributed by atoms with Crippen LogP contribution in [-0.4, -0.2) is 7.11 Å². The number of rotatable bonds is 5. The van der Waals surface area contributed by atoms with Gasteiger partial charge in [0.05, 0.1) is 17.2 Å². The predicted octanol–water partition coefficient (Wildman–Crippen LogP) is 4.69. The summed E-state index contributed by atoms with van der Waals surface area (Å²) in [5.74, 6) is 1.19. The Morgan fingerprint density at radius 2 is 1.71 bits per heavy atom. The van der Waals surface area contributed by atoms with E-state index in [4.69, 9.17) is 50.0 Å². The molecule has 0 saturated carbocycles. The van der Waals surface area contributed by atoms with Gasteiger partial charge in [0, 0.05) is 17.1 Å². The maximum atomic E-state index is 6.15. The van der Waals surface area contributed by atoms with Gasteiger partial charge in [-0.3, -0.25) is 0 Å². The first kappa shape index (κ1) is 16.2. The molecule has 0 amide bonds. The smallest absolute Gasteiger partial charge is 0.161 e. The predicted molar refractivity (Wildman–Crippen MR) is 86.7 cm³/mol. The molecule has 0 bridgehead atoms. The van der Waals surface area contributed by atoms with E-state index in [0.29, 0.717) is 38.7 Å². The number of halogens is 3. The van der Waals surface area contributed by atoms with Crippen molar-refractivity contribution in [2.24, 2.45) is 5.73 Å². The van der Waals surface area contributed by atoms with Crippen LogP contribution in [0.5, 0.6) is 11.5 Å². The lowest BCUT2D eigenvalue weighted by molar-refractivity contribution is 0.284. The van der Waals surface area contributed by atoms with Gasteiger partial charge in [-0.2, -0.15) is 0 Å². The van der Waals surface area contributed by atoms with Crippen LogP contribution < -0.4 is 15.2 Å². The molecule has 0 aliphatic heterocycles. The highest BCUT2D eigenvalue weighted by atomic mass is 35.5. The number of hydrogen-bond acceptors (Lipinski definition) is 3. The highest BCUT2D eigenvalue weighted by Crippen LogP contribution is 2.34. The second-order valence-electron chi connectivity index (χ2n) is 4.30. The zero-order valence-electron chi connectivity index (χ0n) is 11.3. The Morgan fingerprint density at radius 1 is 1.00 bits per heavy atom. The molecule has 0 radical (unpaired) electrons. The van der Waals surface area contributed by atoms with Gasteiger partial charge < -0.3 is 15.2 Å². The number of hydrogen-bond donors (Lipinski definition) is 1. The molecule has 2 aromatic rings. The molecular formula is C15H14Cl3NO2. The molecule has 21 heavy (non-hydrogen) atoms. The summed E-state index contributed by atoms with van der Waals surface area (Å²) >= 11 is 18.3. The average molecular weight is 347 g/mol. The normalized spacial score (nSPS) is 10.5. The minimum absolute atomic E-state index is 0.183. The standard InChI is InChI=1S/C15H14Cl3NO2/c1-20-13-5-2-9(7-19)6-14(13)21-8-10-11(16)3-4-12(17)15(10)18/h2-6H,7-8,19H2,1H3. The number of methoxy groups -OCH3 is 1. The molecule has 2 N–H and O–H groups in total. The van der Waals surface area contributed by atoms with Crippen molar-refractivity contribution < 1.29 is 9.47 Å². The second kappa shape index (κ2) is 7.23. The third kappa shape index (κ3) is 3.74. The largest absolute Gasteiger partial charge is 0.493 e. The first-order valence-corrected chi connectivity index (χ1v) is 7.32. The van der Waals surface area contributed by atoms with Crippen LogP contribution in [0.4, 0.5) is 0 Å². The van der Waals surface area contributed by atoms with Crippen molar-refractivity contribution in [3.63, 3.8) is 0 Å². The Hall–Kier alpha value is -1.13. The molecule has 0 atom stereocenters. The Balaban J connectivity index is 2.26. The fourth-order valence-electron chi connectivity index (χ4n) is 1.81. The lowest BCUT2D eigenvalue weighted by Gasteiger charge is -2.14. The number of ether oxygens (including phenoxy) is 2. The van der Waals surface area contributed by atoms with Crippen LogP contribution >= 0.6 is 34.8 Å². The molecule has 0 unspecified atom stereocenters. The zero-order valence-corrected chi connectivity index (χ0v) is 13.6. The molecule has 0 aliphatic rings. The van der Waals surface area contributed by atoms with Gasteiger partial charge in [-0.1, -0.05) is 40.9 Å². The van der Waals surface area contributed by atoms with Gasteiger partial charge in [-0.15, -0.1) is 0 Å². The van der Waals surface area contributed by atoms with Crippen molar-refractivity contribution >= 4 is 34.8 Å². The van der Waals surface area contributed by atoms with E-state index in [1.807, 2.05) is 12.1 Å². The van der Waals surface area contributed by atoms with Crippen LogP contribution in [0.2, 0.25) is 15.1 Å². The fourth-order valence-corrected chi connectivity index (χ4v) is 2.47. The van der Waals surface area contributed by atoms with Gasteiger partial charge in [0.1, 0.15) is 6.61 Å². The second-order valence-corrected chi connectivity index (χ2v) is 5.49. The van der Waals surface area contributed by atoms with E-state index in [-0.39, 0.29) is 6.61 Å². The third-order valence-corrected chi connectivity index (χ3v) is 4.17. The van der Waals surface area contributed by atoms with Crippen molar-refractivity contribution in [3.05, 3.63) is 56.5 Å². The highest BCUT2D eigenvalue weighted by molar-refractivity contribution is 6.44. The molecule has 0 fully saturated rings. The molecule has 112 valence electrons. The van der Waals surface area contributed by atoms with Crippen LogP contribution in [0.25, 0.3) is 0 Å². The van der Waals surface area contributed by atoms with Gasteiger partial charge in [0.25, 0.3) is 0 Å². The number of nitrogens with two attached hydrogens (primary N) is 1. The molecule has 0 heterocycles. The van der Waals surface area contributed by atoms with E-state index in [1.165, 1.54) is 0 Å². The molecule has 6 heteroatoms. The third-order valence-electron chi connectivity index (χ3n) is 2.97. The van der Waals surface area contributed by atoms with Crippen molar-refractivity contribution in [2.45, 2.75) is 13.2 Å². The van der Waals surface area contributed by atoms with Crippen molar-refractivity contribution in [2.75, 3.05) is 7.11 Å². The van der Waals surface area contributed by atoms with Gasteiger partial charge in [0.15, 0.2) is 11.5 Å². The highest BCUT2D eigenvalue weighted by Gasteiger charge is 2.12. The lowest BCUT2D eigenvalue weighted by Crippen LogP contribution is -2.02. The maximum absolute atomic E-state index is 6.15. The molecule has 2 rings (SSSR count). The summed E-state index contributed by atoms with van der Waals surface area (Å²) in [5, 5.41) is 1.32. The van der Waals surface area contributed by atoms with Crippen molar-refractivity contribution in [1.82, 2.24) is 0 Å². The van der Waals surface area contributed by atoms with Crippen LogP contribution in [0.3, 0.4) is 0 Å². The minimum Gasteiger partial charge on any atom is -0.493 e. The van der Waals surface area contributed by atoms with Crippen LogP contribution in [-0.2, 0) is 13.2 Å². The quantitative estimate of drug-likeness (QED) is 0.799. The van der Waals surface area contributed by atoms with E-state index in [2.05, 4.69) is 0 Å². The zero-order chi connectivity index (χ0) is 15.4. The average Bonchev–Trinajstić information content (AvgIpc) is 2.50. The Bertz CT molecular complexity index is 647. The lowest BCUT2D eigenvalue weighted by atomic mass is 10.2. The summed E-state index contributed by atoms with van der Waals surface area (Å²) in [6.07, 6.45) is 0. The van der Waals surface area contributed by atoms with Crippen molar-refractivity contribution in [3.8, 4) is 11.5 Å². The Kier molecular flexibility index (Phi) is 5.59. The molecule has 2 aromatic carbocycles. The summed E-state index contributed by atoms with van der Waals surface area (Å²) in [6, 6.07) is 8.84. The monoisotopic (exact) mass is 345 g/mol. The first-order chi connectivity index (χ1) is 10.1. The summed E-state index contributed by atoms with van der Waals surface area (Å²) in [6.45, 7) is 0.599. The van der Waals surface area contributed by atoms with E-state index in [0.717, 1.165) is 5.56 Å². The Morgan fingerprint density at radius 3 is 2.38 bits per heavy atom. The molecule has 0 saturated heterocycles. The van der Waals surface area contributed by atoms with Gasteiger partial charge >= 0.3 is 0 Å². The maximum Gasteiger partial charge on any atom is 0.161 e. The fraction of sp³-hybridized carbons (Fsp3) is 0.200. The van der Waals surface area contributed by atoms with Crippen LogP contribution in [0, 0.1) is 0 Å². The Labute approximate surface area is 138 Å². The molecule has 0 aromatic heterocycles. The number of benzene rings is 2.